The molecule has 57 heavy (non-hydrogen) atoms. The van der Waals surface area contributed by atoms with E-state index in [-0.39, 0.29) is 49.9 Å². The molecule has 6 aliphatic rings. The lowest BCUT2D eigenvalue weighted by Crippen LogP contribution is -2.66. The molecule has 6 aliphatic carbocycles. The van der Waals surface area contributed by atoms with Crippen molar-refractivity contribution in [2.45, 2.75) is 154 Å². The van der Waals surface area contributed by atoms with Crippen LogP contribution in [-0.2, 0) is 20.5 Å². The number of benzene rings is 1. The summed E-state index contributed by atoms with van der Waals surface area (Å²) in [5, 5.41) is 66.3. The molecular formula is C44H63F3O9S. The molecule has 0 aliphatic heterocycles. The zero-order valence-corrected chi connectivity index (χ0v) is 35.1. The second kappa shape index (κ2) is 13.8. The van der Waals surface area contributed by atoms with Crippen LogP contribution in [-0.4, -0.2) is 76.2 Å². The van der Waals surface area contributed by atoms with Crippen LogP contribution in [0, 0.1) is 56.2 Å². The lowest BCUT2D eigenvalue weighted by atomic mass is 9.33. The van der Waals surface area contributed by atoms with Crippen LogP contribution in [0.1, 0.15) is 118 Å². The van der Waals surface area contributed by atoms with E-state index < -0.39 is 81.5 Å². The predicted octanol–water partition coefficient (Wildman–Crippen LogP) is 7.46. The van der Waals surface area contributed by atoms with E-state index in [0.29, 0.717) is 19.3 Å². The monoisotopic (exact) mass is 824 g/mol. The van der Waals surface area contributed by atoms with Crippen LogP contribution in [0.15, 0.2) is 52.1 Å². The Balaban J connectivity index is 1.18. The van der Waals surface area contributed by atoms with Gasteiger partial charge < -0.3 is 30.6 Å². The highest BCUT2D eigenvalue weighted by molar-refractivity contribution is 7.86. The van der Waals surface area contributed by atoms with Gasteiger partial charge in [-0.2, -0.15) is 21.6 Å². The van der Waals surface area contributed by atoms with Crippen molar-refractivity contribution in [2.24, 2.45) is 56.2 Å². The molecule has 6 unspecified atom stereocenters. The van der Waals surface area contributed by atoms with Crippen LogP contribution in [0.3, 0.4) is 0 Å². The van der Waals surface area contributed by atoms with E-state index in [2.05, 4.69) is 54.5 Å². The largest absolute Gasteiger partial charge is 0.509 e. The number of allylic oxidation sites excluding steroid dienone is 2. The zero-order chi connectivity index (χ0) is 42.1. The molecule has 1 aromatic carbocycles. The molecule has 0 bridgehead atoms. The molecule has 0 amide bonds. The molecule has 0 spiro atoms. The third-order valence-electron chi connectivity index (χ3n) is 17.5. The second-order valence-electron chi connectivity index (χ2n) is 20.8. The Morgan fingerprint density at radius 3 is 2.09 bits per heavy atom. The van der Waals surface area contributed by atoms with Gasteiger partial charge in [0.1, 0.15) is 11.9 Å². The maximum atomic E-state index is 13.5. The number of halogens is 3. The highest BCUT2D eigenvalue weighted by Crippen LogP contribution is 2.76. The second-order valence-corrected chi connectivity index (χ2v) is 22.4. The van der Waals surface area contributed by atoms with Gasteiger partial charge in [0.05, 0.1) is 47.4 Å². The molecule has 0 heterocycles. The summed E-state index contributed by atoms with van der Waals surface area (Å²) < 4.78 is 72.5. The quantitative estimate of drug-likeness (QED) is 0.121. The standard InChI is InChI=1S/C44H63F3O9S/c1-38(2)18-20-43(37(53)36(52)32-33(49)26(23-48)34(50)35(32)51)21-19-41(6)27(28(43)22-38)12-13-30-40(5)16-15-31(39(3,4)29(40)14-17-42(30,41)7)56-57(54,55)25-10-8-24(9-11-25)44(45,46)47/h8-12,28-33,35-37,48-53H,13-23H2,1-7H3/t28?,29?,30?,31-,32?,33?,35?,36-,37+,40-,41+,42+,43-/m0/s1. The third kappa shape index (κ3) is 6.32. The molecule has 7 rings (SSSR count). The number of hydrogen-bond donors (Lipinski definition) is 6. The fraction of sp³-hybridized carbons (Fsp3) is 0.773. The van der Waals surface area contributed by atoms with Gasteiger partial charge in [0.2, 0.25) is 0 Å². The van der Waals surface area contributed by atoms with E-state index >= 15 is 0 Å². The maximum Gasteiger partial charge on any atom is 0.416 e. The molecule has 1 aromatic rings. The van der Waals surface area contributed by atoms with Gasteiger partial charge in [-0.25, -0.2) is 0 Å². The van der Waals surface area contributed by atoms with Crippen LogP contribution >= 0.6 is 0 Å². The molecule has 4 saturated carbocycles. The van der Waals surface area contributed by atoms with Gasteiger partial charge in [-0.3, -0.25) is 4.18 Å². The van der Waals surface area contributed by atoms with Crippen molar-refractivity contribution in [2.75, 3.05) is 6.61 Å². The summed E-state index contributed by atoms with van der Waals surface area (Å²) in [6, 6.07) is 3.44. The summed E-state index contributed by atoms with van der Waals surface area (Å²) in [5.74, 6) is -1.57. The van der Waals surface area contributed by atoms with E-state index in [1.807, 2.05) is 0 Å². The number of rotatable bonds is 7. The van der Waals surface area contributed by atoms with Crippen molar-refractivity contribution in [3.63, 3.8) is 0 Å². The average molecular weight is 825 g/mol. The van der Waals surface area contributed by atoms with Crippen molar-refractivity contribution in [3.8, 4) is 0 Å². The fourth-order valence-corrected chi connectivity index (χ4v) is 15.2. The third-order valence-corrected chi connectivity index (χ3v) is 18.9. The van der Waals surface area contributed by atoms with E-state index in [1.165, 1.54) is 5.57 Å². The summed E-state index contributed by atoms with van der Waals surface area (Å²) in [7, 11) is -4.34. The highest BCUT2D eigenvalue weighted by atomic mass is 32.2. The molecular weight excluding hydrogens is 762 g/mol. The Labute approximate surface area is 335 Å². The fourth-order valence-electron chi connectivity index (χ4n) is 14.0. The first-order valence-electron chi connectivity index (χ1n) is 20.8. The molecule has 6 N–H and O–H groups in total. The normalized spacial score (nSPS) is 42.6. The van der Waals surface area contributed by atoms with Crippen molar-refractivity contribution >= 4 is 10.1 Å². The Morgan fingerprint density at radius 1 is 0.860 bits per heavy atom. The van der Waals surface area contributed by atoms with Gasteiger partial charge in [0.15, 0.2) is 0 Å². The number of fused-ring (bicyclic) bond motifs is 7. The van der Waals surface area contributed by atoms with E-state index in [9.17, 15) is 52.2 Å². The first-order chi connectivity index (χ1) is 26.2. The molecule has 13 atom stereocenters. The smallest absolute Gasteiger partial charge is 0.416 e. The first-order valence-corrected chi connectivity index (χ1v) is 22.2. The topological polar surface area (TPSA) is 165 Å². The molecule has 320 valence electrons. The van der Waals surface area contributed by atoms with E-state index in [0.717, 1.165) is 69.2 Å². The molecule has 13 heteroatoms. The van der Waals surface area contributed by atoms with E-state index in [1.54, 1.807) is 0 Å². The number of aliphatic hydroxyl groups excluding tert-OH is 6. The SMILES string of the molecule is CC1(C)CC[C@]2([C@H](O)[C@@H](O)C3C(O)C(O)=C(CO)C3O)CC[C@]3(C)C(=CCC4[C@@]5(C)CC[C@H](OS(=O)(=O)c6ccc(C(F)(F)F)cc6)C(C)(C)C5CC[C@]43C)C2C1. The van der Waals surface area contributed by atoms with Gasteiger partial charge in [-0.15, -0.1) is 0 Å². The Hall–Kier alpha value is -2.00. The Kier molecular flexibility index (Phi) is 10.4. The predicted molar refractivity (Wildman–Crippen MR) is 207 cm³/mol. The summed E-state index contributed by atoms with van der Waals surface area (Å²) in [4.78, 5) is -0.300. The first kappa shape index (κ1) is 43.1. The zero-order valence-electron chi connectivity index (χ0n) is 34.3. The van der Waals surface area contributed by atoms with Crippen LogP contribution in [0.4, 0.5) is 13.2 Å². The number of hydrogen-bond acceptors (Lipinski definition) is 9. The lowest BCUT2D eigenvalue weighted by molar-refractivity contribution is -0.211. The van der Waals surface area contributed by atoms with Gasteiger partial charge in [-0.05, 0) is 133 Å². The van der Waals surface area contributed by atoms with E-state index in [4.69, 9.17) is 4.18 Å². The minimum Gasteiger partial charge on any atom is -0.509 e. The molecule has 0 aromatic heterocycles. The van der Waals surface area contributed by atoms with Crippen molar-refractivity contribution in [1.82, 2.24) is 0 Å². The van der Waals surface area contributed by atoms with Crippen molar-refractivity contribution in [3.05, 3.63) is 52.8 Å². The molecule has 4 fully saturated rings. The minimum atomic E-state index is -4.59. The molecule has 0 radical (unpaired) electrons. The number of aliphatic hydroxyl groups is 6. The molecule has 9 nitrogen and oxygen atoms in total. The van der Waals surface area contributed by atoms with Crippen LogP contribution < -0.4 is 0 Å². The highest BCUT2D eigenvalue weighted by Gasteiger charge is 2.70. The van der Waals surface area contributed by atoms with Gasteiger partial charge >= 0.3 is 6.18 Å². The van der Waals surface area contributed by atoms with Crippen LogP contribution in [0.5, 0.6) is 0 Å². The van der Waals surface area contributed by atoms with Crippen molar-refractivity contribution < 1.29 is 56.4 Å². The molecule has 0 saturated heterocycles. The van der Waals surface area contributed by atoms with Crippen molar-refractivity contribution in [1.29, 1.82) is 0 Å². The number of alkyl halides is 3. The summed E-state index contributed by atoms with van der Waals surface area (Å²) in [5.41, 5.74) is -1.70. The van der Waals surface area contributed by atoms with Gasteiger partial charge in [0.25, 0.3) is 10.1 Å². The minimum absolute atomic E-state index is 0.0430. The summed E-state index contributed by atoms with van der Waals surface area (Å²) in [6.45, 7) is 15.1. The van der Waals surface area contributed by atoms with Crippen LogP contribution in [0.2, 0.25) is 0 Å². The Morgan fingerprint density at radius 2 is 1.49 bits per heavy atom. The lowest BCUT2D eigenvalue weighted by Gasteiger charge is -2.72. The van der Waals surface area contributed by atoms with Gasteiger partial charge in [0, 0.05) is 11.0 Å². The summed E-state index contributed by atoms with van der Waals surface area (Å²) in [6.07, 6.45) is -1.46. The maximum absolute atomic E-state index is 13.5. The van der Waals surface area contributed by atoms with Gasteiger partial charge in [-0.1, -0.05) is 60.1 Å². The average Bonchev–Trinajstić information content (AvgIpc) is 3.34. The summed E-state index contributed by atoms with van der Waals surface area (Å²) >= 11 is 0. The van der Waals surface area contributed by atoms with Crippen LogP contribution in [0.25, 0.3) is 0 Å². The Bertz CT molecular complexity index is 1910.